The largest absolute Gasteiger partial charge is 0.481 e. The highest BCUT2D eigenvalue weighted by Crippen LogP contribution is 2.31. The lowest BCUT2D eigenvalue weighted by Gasteiger charge is -2.28. The molecule has 1 atom stereocenters. The van der Waals surface area contributed by atoms with E-state index in [-0.39, 0.29) is 18.2 Å². The van der Waals surface area contributed by atoms with Crippen molar-refractivity contribution in [2.45, 2.75) is 34.1 Å². The van der Waals surface area contributed by atoms with Crippen molar-refractivity contribution in [3.63, 3.8) is 0 Å². The molecule has 1 rings (SSSR count). The van der Waals surface area contributed by atoms with Crippen LogP contribution in [0.25, 0.3) is 0 Å². The van der Waals surface area contributed by atoms with Crippen molar-refractivity contribution >= 4 is 17.7 Å². The van der Waals surface area contributed by atoms with Crippen molar-refractivity contribution in [1.82, 2.24) is 9.78 Å². The van der Waals surface area contributed by atoms with Gasteiger partial charge in [0.15, 0.2) is 5.82 Å². The lowest BCUT2D eigenvalue weighted by Crippen LogP contribution is -2.37. The Bertz CT molecular complexity index is 474. The number of carboxylic acid groups (broad SMARTS) is 1. The summed E-state index contributed by atoms with van der Waals surface area (Å²) < 4.78 is 1.65. The minimum atomic E-state index is -1.08. The van der Waals surface area contributed by atoms with Crippen LogP contribution < -0.4 is 5.32 Å². The number of nitrogens with zero attached hydrogens (tertiary/aromatic N) is 2. The van der Waals surface area contributed by atoms with E-state index in [2.05, 4.69) is 10.4 Å². The van der Waals surface area contributed by atoms with Crippen LogP contribution in [0.1, 0.15) is 32.9 Å². The summed E-state index contributed by atoms with van der Waals surface area (Å²) in [5, 5.41) is 16.0. The number of hydrogen-bond donors (Lipinski definition) is 2. The van der Waals surface area contributed by atoms with Crippen molar-refractivity contribution < 1.29 is 14.7 Å². The van der Waals surface area contributed by atoms with Gasteiger partial charge in [-0.05, 0) is 19.8 Å². The van der Waals surface area contributed by atoms with Crippen LogP contribution in [0.15, 0.2) is 6.07 Å². The molecule has 0 saturated carbocycles. The van der Waals surface area contributed by atoms with Crippen LogP contribution in [-0.2, 0) is 16.6 Å². The van der Waals surface area contributed by atoms with Crippen molar-refractivity contribution in [2.75, 3.05) is 5.32 Å². The fraction of sp³-hybridized carbons (Fsp3) is 0.615. The third-order valence-electron chi connectivity index (χ3n) is 3.67. The number of rotatable bonds is 5. The fourth-order valence-corrected chi connectivity index (χ4v) is 1.67. The maximum atomic E-state index is 11.9. The summed E-state index contributed by atoms with van der Waals surface area (Å²) in [6, 6.07) is 1.74. The second kappa shape index (κ2) is 5.42. The first-order valence-electron chi connectivity index (χ1n) is 6.20. The Morgan fingerprint density at radius 1 is 1.53 bits per heavy atom. The van der Waals surface area contributed by atoms with Gasteiger partial charge in [0.25, 0.3) is 0 Å². The zero-order valence-corrected chi connectivity index (χ0v) is 12.0. The summed E-state index contributed by atoms with van der Waals surface area (Å²) in [4.78, 5) is 23.2. The van der Waals surface area contributed by atoms with Crippen LogP contribution in [0.5, 0.6) is 0 Å². The summed E-state index contributed by atoms with van der Waals surface area (Å²) in [6.45, 7) is 7.06. The molecule has 0 aliphatic rings. The Morgan fingerprint density at radius 2 is 2.11 bits per heavy atom. The van der Waals surface area contributed by atoms with Crippen molar-refractivity contribution in [3.05, 3.63) is 11.8 Å². The van der Waals surface area contributed by atoms with Gasteiger partial charge in [-0.15, -0.1) is 0 Å². The van der Waals surface area contributed by atoms with E-state index in [9.17, 15) is 14.7 Å². The molecule has 6 heteroatoms. The smallest absolute Gasteiger partial charge is 0.310 e. The number of aryl methyl sites for hydroxylation is 2. The van der Waals surface area contributed by atoms with Gasteiger partial charge in [-0.2, -0.15) is 5.10 Å². The van der Waals surface area contributed by atoms with Gasteiger partial charge in [0, 0.05) is 25.2 Å². The fourth-order valence-electron chi connectivity index (χ4n) is 1.67. The monoisotopic (exact) mass is 267 g/mol. The number of carbonyl (C=O) groups is 2. The third kappa shape index (κ3) is 3.33. The van der Waals surface area contributed by atoms with Gasteiger partial charge >= 0.3 is 5.97 Å². The molecule has 1 aromatic rings. The number of nitrogens with one attached hydrogen (secondary N) is 1. The maximum absolute atomic E-state index is 11.9. The SMILES string of the molecule is Cc1cc(NC(=O)CC(C)(C(=O)O)C(C)C)nn1C. The molecule has 0 aromatic carbocycles. The number of carbonyl (C=O) groups excluding carboxylic acids is 1. The van der Waals surface area contributed by atoms with E-state index in [0.717, 1.165) is 5.69 Å². The number of hydrogen-bond acceptors (Lipinski definition) is 3. The Morgan fingerprint density at radius 3 is 2.47 bits per heavy atom. The van der Waals surface area contributed by atoms with Gasteiger partial charge in [-0.25, -0.2) is 0 Å². The molecule has 0 bridgehead atoms. The van der Waals surface area contributed by atoms with E-state index in [1.807, 2.05) is 6.92 Å². The molecule has 1 unspecified atom stereocenters. The number of anilines is 1. The predicted octanol–water partition coefficient (Wildman–Crippen LogP) is 1.80. The Labute approximate surface area is 112 Å². The van der Waals surface area contributed by atoms with Crippen LogP contribution in [0.3, 0.4) is 0 Å². The quantitative estimate of drug-likeness (QED) is 0.852. The molecule has 19 heavy (non-hydrogen) atoms. The van der Waals surface area contributed by atoms with E-state index < -0.39 is 11.4 Å². The summed E-state index contributed by atoms with van der Waals surface area (Å²) >= 11 is 0. The highest BCUT2D eigenvalue weighted by atomic mass is 16.4. The first-order chi connectivity index (χ1) is 8.66. The molecule has 6 nitrogen and oxygen atoms in total. The first-order valence-corrected chi connectivity index (χ1v) is 6.20. The second-order valence-corrected chi connectivity index (χ2v) is 5.40. The lowest BCUT2D eigenvalue weighted by molar-refractivity contribution is -0.153. The molecule has 0 saturated heterocycles. The molecular formula is C13H21N3O3. The molecule has 0 radical (unpaired) electrons. The van der Waals surface area contributed by atoms with Crippen LogP contribution in [-0.4, -0.2) is 26.8 Å². The molecule has 0 spiro atoms. The molecule has 1 amide bonds. The molecule has 2 N–H and O–H groups in total. The highest BCUT2D eigenvalue weighted by molar-refractivity contribution is 5.93. The van der Waals surface area contributed by atoms with Gasteiger partial charge in [0.1, 0.15) is 0 Å². The number of amides is 1. The summed E-state index contributed by atoms with van der Waals surface area (Å²) in [5.41, 5.74) is -0.159. The summed E-state index contributed by atoms with van der Waals surface area (Å²) in [7, 11) is 1.78. The van der Waals surface area contributed by atoms with Gasteiger partial charge in [0.2, 0.25) is 5.91 Å². The van der Waals surface area contributed by atoms with Gasteiger partial charge < -0.3 is 10.4 Å². The van der Waals surface area contributed by atoms with E-state index in [0.29, 0.717) is 5.82 Å². The third-order valence-corrected chi connectivity index (χ3v) is 3.67. The molecule has 0 fully saturated rings. The van der Waals surface area contributed by atoms with Crippen LogP contribution in [0.2, 0.25) is 0 Å². The van der Waals surface area contributed by atoms with Crippen molar-refractivity contribution in [3.8, 4) is 0 Å². The number of carboxylic acids is 1. The van der Waals surface area contributed by atoms with E-state index in [1.54, 1.807) is 38.6 Å². The van der Waals surface area contributed by atoms with Crippen molar-refractivity contribution in [1.29, 1.82) is 0 Å². The minimum absolute atomic E-state index is 0.0738. The van der Waals surface area contributed by atoms with Crippen LogP contribution in [0, 0.1) is 18.3 Å². The molecule has 1 heterocycles. The topological polar surface area (TPSA) is 84.2 Å². The zero-order valence-electron chi connectivity index (χ0n) is 12.0. The average molecular weight is 267 g/mol. The second-order valence-electron chi connectivity index (χ2n) is 5.40. The van der Waals surface area contributed by atoms with Gasteiger partial charge in [-0.1, -0.05) is 13.8 Å². The molecule has 1 aromatic heterocycles. The molecule has 106 valence electrons. The van der Waals surface area contributed by atoms with Crippen molar-refractivity contribution in [2.24, 2.45) is 18.4 Å². The van der Waals surface area contributed by atoms with Crippen LogP contribution >= 0.6 is 0 Å². The van der Waals surface area contributed by atoms with Gasteiger partial charge in [0.05, 0.1) is 5.41 Å². The normalized spacial score (nSPS) is 14.2. The summed E-state index contributed by atoms with van der Waals surface area (Å²) in [6.07, 6.45) is -0.0738. The molecule has 0 aliphatic heterocycles. The number of aromatic nitrogens is 2. The standard InChI is InChI=1S/C13H21N3O3/c1-8(2)13(4,12(18)19)7-11(17)14-10-6-9(3)16(5)15-10/h6,8H,7H2,1-5H3,(H,18,19)(H,14,15,17). The predicted molar refractivity (Wildman–Crippen MR) is 71.8 cm³/mol. The van der Waals surface area contributed by atoms with Gasteiger partial charge in [-0.3, -0.25) is 14.3 Å². The average Bonchev–Trinajstić information content (AvgIpc) is 2.56. The van der Waals surface area contributed by atoms with E-state index in [4.69, 9.17) is 0 Å². The molecule has 0 aliphatic carbocycles. The Hall–Kier alpha value is -1.85. The Kier molecular flexibility index (Phi) is 4.34. The molecular weight excluding hydrogens is 246 g/mol. The van der Waals surface area contributed by atoms with Crippen LogP contribution in [0.4, 0.5) is 5.82 Å². The summed E-state index contributed by atoms with van der Waals surface area (Å²) in [5.74, 6) is -0.991. The first kappa shape index (κ1) is 15.2. The Balaban J connectivity index is 2.76. The van der Waals surface area contributed by atoms with E-state index >= 15 is 0 Å². The van der Waals surface area contributed by atoms with E-state index in [1.165, 1.54) is 0 Å². The number of aliphatic carboxylic acids is 1. The minimum Gasteiger partial charge on any atom is -0.481 e. The zero-order chi connectivity index (χ0) is 14.8. The lowest BCUT2D eigenvalue weighted by atomic mass is 9.76. The maximum Gasteiger partial charge on any atom is 0.310 e. The highest BCUT2D eigenvalue weighted by Gasteiger charge is 2.38.